The lowest BCUT2D eigenvalue weighted by molar-refractivity contribution is -0.130. The second-order valence-electron chi connectivity index (χ2n) is 6.80. The van der Waals surface area contributed by atoms with E-state index in [0.717, 1.165) is 5.82 Å². The molecule has 1 aliphatic heterocycles. The number of carbonyl (C=O) groups excluding carboxylic acids is 2. The number of amides is 2. The summed E-state index contributed by atoms with van der Waals surface area (Å²) in [5, 5.41) is 0. The van der Waals surface area contributed by atoms with E-state index >= 15 is 0 Å². The van der Waals surface area contributed by atoms with Gasteiger partial charge in [0.15, 0.2) is 0 Å². The fourth-order valence-corrected chi connectivity index (χ4v) is 3.18. The van der Waals surface area contributed by atoms with Crippen molar-refractivity contribution in [3.05, 3.63) is 53.5 Å². The summed E-state index contributed by atoms with van der Waals surface area (Å²) in [6.45, 7) is 6.22. The van der Waals surface area contributed by atoms with Gasteiger partial charge in [-0.2, -0.15) is 0 Å². The number of aryl methyl sites for hydroxylation is 1. The van der Waals surface area contributed by atoms with Gasteiger partial charge in [0.1, 0.15) is 17.3 Å². The molecule has 0 N–H and O–H groups in total. The lowest BCUT2D eigenvalue weighted by atomic mass is 10.2. The first-order valence-corrected chi connectivity index (χ1v) is 9.09. The van der Waals surface area contributed by atoms with Gasteiger partial charge in [-0.3, -0.25) is 9.59 Å². The molecule has 1 saturated heterocycles. The van der Waals surface area contributed by atoms with Crippen LogP contribution in [-0.4, -0.2) is 64.8 Å². The summed E-state index contributed by atoms with van der Waals surface area (Å²) in [6, 6.07) is 11.9. The highest BCUT2D eigenvalue weighted by molar-refractivity contribution is 5.93. The number of carbonyl (C=O) groups is 2. The van der Waals surface area contributed by atoms with Gasteiger partial charge in [0, 0.05) is 52.8 Å². The molecule has 2 aromatic rings. The van der Waals surface area contributed by atoms with E-state index in [1.807, 2.05) is 30.1 Å². The van der Waals surface area contributed by atoms with Crippen LogP contribution < -0.4 is 4.90 Å². The van der Waals surface area contributed by atoms with E-state index in [4.69, 9.17) is 0 Å². The van der Waals surface area contributed by atoms with Crippen molar-refractivity contribution in [1.82, 2.24) is 19.8 Å². The molecule has 0 bridgehead atoms. The van der Waals surface area contributed by atoms with Gasteiger partial charge in [0.2, 0.25) is 5.91 Å². The summed E-state index contributed by atoms with van der Waals surface area (Å²) >= 11 is 0. The zero-order valence-electron chi connectivity index (χ0n) is 16.1. The molecular formula is C20H25N5O2. The molecular weight excluding hydrogens is 342 g/mol. The minimum absolute atomic E-state index is 0.0461. The second-order valence-corrected chi connectivity index (χ2v) is 6.80. The first-order chi connectivity index (χ1) is 12.9. The van der Waals surface area contributed by atoms with Gasteiger partial charge in [-0.05, 0) is 12.5 Å². The van der Waals surface area contributed by atoms with Crippen LogP contribution in [-0.2, 0) is 11.3 Å². The van der Waals surface area contributed by atoms with E-state index in [-0.39, 0.29) is 11.8 Å². The minimum Gasteiger partial charge on any atom is -0.355 e. The van der Waals surface area contributed by atoms with Crippen LogP contribution in [0.5, 0.6) is 0 Å². The molecule has 3 rings (SSSR count). The Balaban J connectivity index is 1.73. The lowest BCUT2D eigenvalue weighted by Gasteiger charge is -2.34. The van der Waals surface area contributed by atoms with Crippen molar-refractivity contribution in [2.45, 2.75) is 20.4 Å². The highest BCUT2D eigenvalue weighted by Gasteiger charge is 2.25. The summed E-state index contributed by atoms with van der Waals surface area (Å²) in [6.07, 6.45) is 0. The van der Waals surface area contributed by atoms with Crippen molar-refractivity contribution in [3.8, 4) is 0 Å². The first-order valence-electron chi connectivity index (χ1n) is 9.09. The molecule has 0 saturated carbocycles. The largest absolute Gasteiger partial charge is 0.355 e. The van der Waals surface area contributed by atoms with Gasteiger partial charge >= 0.3 is 0 Å². The van der Waals surface area contributed by atoms with Gasteiger partial charge < -0.3 is 14.7 Å². The number of rotatable bonds is 4. The Morgan fingerprint density at radius 3 is 2.30 bits per heavy atom. The third kappa shape index (κ3) is 4.61. The molecule has 7 heteroatoms. The maximum Gasteiger partial charge on any atom is 0.272 e. The second kappa shape index (κ2) is 8.16. The molecule has 1 fully saturated rings. The Labute approximate surface area is 159 Å². The van der Waals surface area contributed by atoms with E-state index in [2.05, 4.69) is 22.1 Å². The molecule has 0 radical (unpaired) electrons. The van der Waals surface area contributed by atoms with E-state index in [1.54, 1.807) is 29.7 Å². The van der Waals surface area contributed by atoms with Gasteiger partial charge in [-0.15, -0.1) is 0 Å². The van der Waals surface area contributed by atoms with Crippen LogP contribution in [0.25, 0.3) is 0 Å². The van der Waals surface area contributed by atoms with Crippen LogP contribution in [0, 0.1) is 6.92 Å². The van der Waals surface area contributed by atoms with Crippen molar-refractivity contribution in [3.63, 3.8) is 0 Å². The van der Waals surface area contributed by atoms with Crippen molar-refractivity contribution in [1.29, 1.82) is 0 Å². The Morgan fingerprint density at radius 1 is 1.04 bits per heavy atom. The molecule has 2 amide bonds. The van der Waals surface area contributed by atoms with Crippen LogP contribution in [0.4, 0.5) is 5.82 Å². The molecule has 0 aliphatic carbocycles. The molecule has 27 heavy (non-hydrogen) atoms. The zero-order chi connectivity index (χ0) is 19.4. The fourth-order valence-electron chi connectivity index (χ4n) is 3.18. The Kier molecular flexibility index (Phi) is 5.69. The maximum atomic E-state index is 12.9. The van der Waals surface area contributed by atoms with E-state index in [9.17, 15) is 9.59 Å². The van der Waals surface area contributed by atoms with Crippen LogP contribution in [0.2, 0.25) is 0 Å². The van der Waals surface area contributed by atoms with E-state index in [0.29, 0.717) is 44.2 Å². The number of benzene rings is 1. The standard InChI is InChI=1S/C20H25N5O2/c1-15-21-18(20(27)25-11-9-24(10-12-25)16(2)26)13-19(22-15)23(3)14-17-7-5-4-6-8-17/h4-8,13H,9-12,14H2,1-3H3. The molecule has 1 aromatic carbocycles. The molecule has 7 nitrogen and oxygen atoms in total. The molecule has 0 atom stereocenters. The quantitative estimate of drug-likeness (QED) is 0.823. The highest BCUT2D eigenvalue weighted by Crippen LogP contribution is 2.16. The Bertz CT molecular complexity index is 816. The smallest absolute Gasteiger partial charge is 0.272 e. The third-order valence-corrected chi connectivity index (χ3v) is 4.71. The highest BCUT2D eigenvalue weighted by atomic mass is 16.2. The SMILES string of the molecule is CC(=O)N1CCN(C(=O)c2cc(N(C)Cc3ccccc3)nc(C)n2)CC1. The van der Waals surface area contributed by atoms with Gasteiger partial charge in [-0.25, -0.2) is 9.97 Å². The van der Waals surface area contributed by atoms with Crippen LogP contribution in [0.15, 0.2) is 36.4 Å². The monoisotopic (exact) mass is 367 g/mol. The van der Waals surface area contributed by atoms with Crippen LogP contribution in [0.1, 0.15) is 28.8 Å². The Morgan fingerprint density at radius 2 is 1.67 bits per heavy atom. The predicted molar refractivity (Wildman–Crippen MR) is 103 cm³/mol. The summed E-state index contributed by atoms with van der Waals surface area (Å²) in [4.78, 5) is 38.7. The number of aromatic nitrogens is 2. The number of anilines is 1. The average Bonchev–Trinajstić information content (AvgIpc) is 2.67. The van der Waals surface area contributed by atoms with Gasteiger partial charge in [0.05, 0.1) is 0 Å². The van der Waals surface area contributed by atoms with Gasteiger partial charge in [-0.1, -0.05) is 30.3 Å². The Hall–Kier alpha value is -2.96. The molecule has 1 aliphatic rings. The molecule has 0 spiro atoms. The fraction of sp³-hybridized carbons (Fsp3) is 0.400. The van der Waals surface area contributed by atoms with Crippen molar-refractivity contribution in [2.24, 2.45) is 0 Å². The summed E-state index contributed by atoms with van der Waals surface area (Å²) in [5.74, 6) is 1.22. The number of hydrogen-bond acceptors (Lipinski definition) is 5. The molecule has 0 unspecified atom stereocenters. The summed E-state index contributed by atoms with van der Waals surface area (Å²) < 4.78 is 0. The van der Waals surface area contributed by atoms with E-state index in [1.165, 1.54) is 5.56 Å². The number of hydrogen-bond donors (Lipinski definition) is 0. The molecule has 2 heterocycles. The predicted octanol–water partition coefficient (Wildman–Crippen LogP) is 1.73. The average molecular weight is 367 g/mol. The van der Waals surface area contributed by atoms with E-state index < -0.39 is 0 Å². The topological polar surface area (TPSA) is 69.6 Å². The zero-order valence-corrected chi connectivity index (χ0v) is 16.1. The van der Waals surface area contributed by atoms with Crippen molar-refractivity contribution in [2.75, 3.05) is 38.1 Å². The third-order valence-electron chi connectivity index (χ3n) is 4.71. The number of piperazine rings is 1. The van der Waals surface area contributed by atoms with Crippen molar-refractivity contribution < 1.29 is 9.59 Å². The van der Waals surface area contributed by atoms with Crippen LogP contribution >= 0.6 is 0 Å². The minimum atomic E-state index is -0.113. The molecule has 1 aromatic heterocycles. The summed E-state index contributed by atoms with van der Waals surface area (Å²) in [7, 11) is 1.95. The summed E-state index contributed by atoms with van der Waals surface area (Å²) in [5.41, 5.74) is 1.57. The normalized spacial score (nSPS) is 14.2. The van der Waals surface area contributed by atoms with Gasteiger partial charge in [0.25, 0.3) is 5.91 Å². The molecule has 142 valence electrons. The number of nitrogens with zero attached hydrogens (tertiary/aromatic N) is 5. The first kappa shape index (κ1) is 18.8. The van der Waals surface area contributed by atoms with Crippen molar-refractivity contribution >= 4 is 17.6 Å². The maximum absolute atomic E-state index is 12.9. The van der Waals surface area contributed by atoms with Crippen LogP contribution in [0.3, 0.4) is 0 Å². The lowest BCUT2D eigenvalue weighted by Crippen LogP contribution is -2.50.